The van der Waals surface area contributed by atoms with Gasteiger partial charge in [0, 0.05) is 36.1 Å². The van der Waals surface area contributed by atoms with Gasteiger partial charge in [-0.05, 0) is 56.6 Å². The highest BCUT2D eigenvalue weighted by Gasteiger charge is 2.18. The molecule has 0 saturated carbocycles. The number of nitrogens with zero attached hydrogens (tertiary/aromatic N) is 1. The number of H-pyrrole nitrogens is 1. The number of carbonyl (C=O) groups excluding carboxylic acids is 1. The Kier molecular flexibility index (Phi) is 11.0. The Morgan fingerprint density at radius 3 is 2.51 bits per heavy atom. The van der Waals surface area contributed by atoms with Gasteiger partial charge in [-0.25, -0.2) is 4.79 Å². The number of ether oxygens (including phenoxy) is 2. The summed E-state index contributed by atoms with van der Waals surface area (Å²) in [4.78, 5) is 19.0. The molecule has 10 nitrogen and oxygen atoms in total. The summed E-state index contributed by atoms with van der Waals surface area (Å²) in [6.45, 7) is 4.95. The molecule has 39 heavy (non-hydrogen) atoms. The van der Waals surface area contributed by atoms with Crippen molar-refractivity contribution in [3.8, 4) is 5.75 Å². The second-order valence-corrected chi connectivity index (χ2v) is 9.97. The zero-order valence-electron chi connectivity index (χ0n) is 21.8. The molecule has 0 fully saturated rings. The number of aromatic nitrogens is 2. The van der Waals surface area contributed by atoms with Crippen LogP contribution in [0.3, 0.4) is 0 Å². The highest BCUT2D eigenvalue weighted by molar-refractivity contribution is 7.85. The number of pyridine rings is 1. The monoisotopic (exact) mass is 555 g/mol. The average molecular weight is 556 g/mol. The number of nitrogens with one attached hydrogen (secondary N) is 2. The molecule has 2 atom stereocenters. The van der Waals surface area contributed by atoms with Crippen LogP contribution in [0.4, 0.5) is 0 Å². The molecule has 4 rings (SSSR count). The van der Waals surface area contributed by atoms with Crippen LogP contribution in [-0.4, -0.2) is 59.8 Å². The maximum atomic E-state index is 11.8. The van der Waals surface area contributed by atoms with E-state index in [0.29, 0.717) is 25.4 Å². The molecule has 0 unspecified atom stereocenters. The van der Waals surface area contributed by atoms with Crippen molar-refractivity contribution in [1.82, 2.24) is 15.3 Å². The SMILES string of the molecule is CCOC(=O)[C@H](C)Oc1cccc2c(CCNC[C@H](O)c3cccnc3)c[nH]c12.O=S(=O)(O)c1ccccc1. The van der Waals surface area contributed by atoms with E-state index < -0.39 is 22.3 Å². The summed E-state index contributed by atoms with van der Waals surface area (Å²) < 4.78 is 40.0. The van der Waals surface area contributed by atoms with Gasteiger partial charge in [0.25, 0.3) is 10.1 Å². The molecule has 2 aromatic heterocycles. The van der Waals surface area contributed by atoms with Crippen molar-refractivity contribution in [1.29, 1.82) is 0 Å². The van der Waals surface area contributed by atoms with Crippen LogP contribution in [0.1, 0.15) is 31.1 Å². The summed E-state index contributed by atoms with van der Waals surface area (Å²) in [5.41, 5.74) is 2.79. The van der Waals surface area contributed by atoms with Crippen LogP contribution in [0.25, 0.3) is 10.9 Å². The average Bonchev–Trinajstić information content (AvgIpc) is 3.36. The lowest BCUT2D eigenvalue weighted by Gasteiger charge is -2.14. The number of fused-ring (bicyclic) bond motifs is 1. The summed E-state index contributed by atoms with van der Waals surface area (Å²) in [5, 5.41) is 14.5. The van der Waals surface area contributed by atoms with Crippen LogP contribution in [-0.2, 0) is 26.1 Å². The quantitative estimate of drug-likeness (QED) is 0.123. The lowest BCUT2D eigenvalue weighted by Crippen LogP contribution is -2.26. The van der Waals surface area contributed by atoms with Gasteiger partial charge in [-0.3, -0.25) is 9.54 Å². The van der Waals surface area contributed by atoms with Crippen LogP contribution >= 0.6 is 0 Å². The standard InChI is InChI=1S/C22H27N3O4.C6H6O3S/c1-3-28-22(27)15(2)29-20-8-4-7-18-16(13-25-21(18)20)9-11-24-14-19(26)17-6-5-10-23-12-17;7-10(8,9)6-4-2-1-3-5-6/h4-8,10,12-13,15,19,24-26H,3,9,11,14H2,1-2H3;1-5H,(H,7,8,9)/t15-,19-;/m0./s1. The number of aliphatic hydroxyl groups excluding tert-OH is 1. The Hall–Kier alpha value is -3.77. The van der Waals surface area contributed by atoms with Gasteiger partial charge in [-0.2, -0.15) is 8.42 Å². The molecule has 0 spiro atoms. The van der Waals surface area contributed by atoms with E-state index >= 15 is 0 Å². The van der Waals surface area contributed by atoms with Crippen LogP contribution in [0.5, 0.6) is 5.75 Å². The van der Waals surface area contributed by atoms with Gasteiger partial charge < -0.3 is 24.9 Å². The minimum absolute atomic E-state index is 0.0741. The molecule has 0 bridgehead atoms. The third-order valence-electron chi connectivity index (χ3n) is 5.70. The minimum Gasteiger partial charge on any atom is -0.477 e. The third kappa shape index (κ3) is 8.89. The molecule has 4 N–H and O–H groups in total. The number of esters is 1. The Balaban J connectivity index is 0.000000353. The lowest BCUT2D eigenvalue weighted by atomic mass is 10.1. The fraction of sp³-hybridized carbons (Fsp3) is 0.286. The largest absolute Gasteiger partial charge is 0.477 e. The second kappa shape index (κ2) is 14.4. The Morgan fingerprint density at radius 1 is 1.10 bits per heavy atom. The van der Waals surface area contributed by atoms with Crippen molar-refractivity contribution in [2.45, 2.75) is 37.4 Å². The molecule has 11 heteroatoms. The number of rotatable bonds is 11. The molecule has 0 radical (unpaired) electrons. The van der Waals surface area contributed by atoms with Crippen molar-refractivity contribution in [2.75, 3.05) is 19.7 Å². The molecule has 2 heterocycles. The number of carbonyl (C=O) groups is 1. The molecule has 0 amide bonds. The summed E-state index contributed by atoms with van der Waals surface area (Å²) >= 11 is 0. The van der Waals surface area contributed by atoms with Gasteiger partial charge in [0.05, 0.1) is 23.1 Å². The predicted molar refractivity (Wildman–Crippen MR) is 147 cm³/mol. The molecule has 208 valence electrons. The summed E-state index contributed by atoms with van der Waals surface area (Å²) in [7, 11) is -4.00. The number of hydrogen-bond donors (Lipinski definition) is 4. The predicted octanol–water partition coefficient (Wildman–Crippen LogP) is 3.69. The first-order chi connectivity index (χ1) is 18.7. The van der Waals surface area contributed by atoms with E-state index in [0.717, 1.165) is 28.5 Å². The Labute approximate surface area is 227 Å². The Bertz CT molecular complexity index is 1430. The van der Waals surface area contributed by atoms with Gasteiger partial charge in [-0.15, -0.1) is 0 Å². The van der Waals surface area contributed by atoms with Crippen LogP contribution in [0.2, 0.25) is 0 Å². The fourth-order valence-electron chi connectivity index (χ4n) is 3.73. The zero-order valence-corrected chi connectivity index (χ0v) is 22.6. The van der Waals surface area contributed by atoms with Gasteiger partial charge in [0.15, 0.2) is 6.10 Å². The molecular formula is C28H33N3O7S. The molecule has 0 aliphatic rings. The maximum absolute atomic E-state index is 11.8. The topological polar surface area (TPSA) is 151 Å². The van der Waals surface area contributed by atoms with Crippen LogP contribution < -0.4 is 10.1 Å². The lowest BCUT2D eigenvalue weighted by molar-refractivity contribution is -0.150. The minimum atomic E-state index is -4.00. The molecule has 0 aliphatic carbocycles. The summed E-state index contributed by atoms with van der Waals surface area (Å²) in [6, 6.07) is 16.9. The first-order valence-corrected chi connectivity index (χ1v) is 13.9. The summed E-state index contributed by atoms with van der Waals surface area (Å²) in [6.07, 6.45) is 4.83. The third-order valence-corrected chi connectivity index (χ3v) is 6.57. The highest BCUT2D eigenvalue weighted by Crippen LogP contribution is 2.28. The highest BCUT2D eigenvalue weighted by atomic mass is 32.2. The first kappa shape index (κ1) is 29.8. The number of hydrogen-bond acceptors (Lipinski definition) is 8. The van der Waals surface area contributed by atoms with Crippen molar-refractivity contribution in [3.05, 3.63) is 90.4 Å². The number of benzene rings is 2. The van der Waals surface area contributed by atoms with Crippen molar-refractivity contribution >= 4 is 27.0 Å². The first-order valence-electron chi connectivity index (χ1n) is 12.4. The molecule has 4 aromatic rings. The van der Waals surface area contributed by atoms with E-state index in [1.165, 1.54) is 12.1 Å². The smallest absolute Gasteiger partial charge is 0.347 e. The van der Waals surface area contributed by atoms with Crippen molar-refractivity contribution in [3.63, 3.8) is 0 Å². The van der Waals surface area contributed by atoms with E-state index in [1.807, 2.05) is 36.5 Å². The van der Waals surface area contributed by atoms with Gasteiger partial charge in [-0.1, -0.05) is 36.4 Å². The molecule has 2 aromatic carbocycles. The fourth-order valence-corrected chi connectivity index (χ4v) is 4.23. The van der Waals surface area contributed by atoms with E-state index in [1.54, 1.807) is 44.4 Å². The molecule has 0 aliphatic heterocycles. The van der Waals surface area contributed by atoms with E-state index in [2.05, 4.69) is 15.3 Å². The van der Waals surface area contributed by atoms with Crippen molar-refractivity contribution in [2.24, 2.45) is 0 Å². The van der Waals surface area contributed by atoms with Crippen LogP contribution in [0, 0.1) is 0 Å². The zero-order chi connectivity index (χ0) is 28.3. The van der Waals surface area contributed by atoms with E-state index in [4.69, 9.17) is 14.0 Å². The van der Waals surface area contributed by atoms with E-state index in [-0.39, 0.29) is 10.9 Å². The van der Waals surface area contributed by atoms with E-state index in [9.17, 15) is 18.3 Å². The molecular weight excluding hydrogens is 522 g/mol. The summed E-state index contributed by atoms with van der Waals surface area (Å²) in [5.74, 6) is 0.238. The normalized spacial score (nSPS) is 12.7. The van der Waals surface area contributed by atoms with Gasteiger partial charge in [0.2, 0.25) is 0 Å². The Morgan fingerprint density at radius 2 is 1.87 bits per heavy atom. The molecule has 0 saturated heterocycles. The number of aliphatic hydroxyl groups is 1. The van der Waals surface area contributed by atoms with Gasteiger partial charge >= 0.3 is 5.97 Å². The van der Waals surface area contributed by atoms with Crippen LogP contribution in [0.15, 0.2) is 84.1 Å². The number of aromatic amines is 1. The van der Waals surface area contributed by atoms with Gasteiger partial charge in [0.1, 0.15) is 5.75 Å². The maximum Gasteiger partial charge on any atom is 0.347 e. The second-order valence-electron chi connectivity index (χ2n) is 8.55. The van der Waals surface area contributed by atoms with Crippen molar-refractivity contribution < 1.29 is 32.3 Å². The number of para-hydroxylation sites is 1.